The van der Waals surface area contributed by atoms with Gasteiger partial charge in [-0.3, -0.25) is 0 Å². The van der Waals surface area contributed by atoms with Crippen molar-refractivity contribution in [1.82, 2.24) is 4.98 Å². The van der Waals surface area contributed by atoms with Crippen molar-refractivity contribution in [3.05, 3.63) is 30.5 Å². The summed E-state index contributed by atoms with van der Waals surface area (Å²) in [6.07, 6.45) is 1.49. The fraction of sp³-hybridized carbons (Fsp3) is 0.308. The normalized spacial score (nSPS) is 13.4. The van der Waals surface area contributed by atoms with Gasteiger partial charge in [0.2, 0.25) is 0 Å². The predicted molar refractivity (Wildman–Crippen MR) is 75.7 cm³/mol. The molecule has 2 aromatic rings. The lowest BCUT2D eigenvalue weighted by Crippen LogP contribution is -2.20. The largest absolute Gasteiger partial charge is 0.497 e. The molecule has 1 aromatic heterocycles. The number of alkyl halides is 1. The number of aromatic nitrogens is 1. The minimum absolute atomic E-state index is 0.0321. The zero-order valence-corrected chi connectivity index (χ0v) is 12.2. The van der Waals surface area contributed by atoms with Crippen LogP contribution in [0.3, 0.4) is 0 Å². The number of hydrogen-bond donors (Lipinski definition) is 0. The van der Waals surface area contributed by atoms with E-state index in [-0.39, 0.29) is 10.9 Å². The van der Waals surface area contributed by atoms with E-state index in [1.807, 2.05) is 0 Å². The topological polar surface area (TPSA) is 56.3 Å². The molecule has 0 bridgehead atoms. The first-order chi connectivity index (χ1) is 9.00. The first-order valence-corrected chi connectivity index (χ1v) is 7.81. The summed E-state index contributed by atoms with van der Waals surface area (Å²) in [7, 11) is -2.00. The van der Waals surface area contributed by atoms with Crippen molar-refractivity contribution < 1.29 is 13.2 Å². The molecule has 102 valence electrons. The van der Waals surface area contributed by atoms with Gasteiger partial charge in [0.15, 0.2) is 14.9 Å². The second kappa shape index (κ2) is 5.35. The second-order valence-electron chi connectivity index (χ2n) is 4.21. The average molecular weight is 300 g/mol. The van der Waals surface area contributed by atoms with Gasteiger partial charge < -0.3 is 4.74 Å². The highest BCUT2D eigenvalue weighted by Gasteiger charge is 2.26. The lowest BCUT2D eigenvalue weighted by molar-refractivity contribution is 0.415. The van der Waals surface area contributed by atoms with Gasteiger partial charge in [0.05, 0.1) is 12.4 Å². The van der Waals surface area contributed by atoms with Gasteiger partial charge in [-0.05, 0) is 30.5 Å². The van der Waals surface area contributed by atoms with Gasteiger partial charge in [-0.2, -0.15) is 0 Å². The molecule has 0 radical (unpaired) electrons. The van der Waals surface area contributed by atoms with E-state index in [0.717, 1.165) is 5.39 Å². The second-order valence-corrected chi connectivity index (χ2v) is 6.80. The van der Waals surface area contributed by atoms with E-state index in [2.05, 4.69) is 4.98 Å². The van der Waals surface area contributed by atoms with Crippen LogP contribution in [0.15, 0.2) is 35.5 Å². The molecule has 0 aliphatic heterocycles. The summed E-state index contributed by atoms with van der Waals surface area (Å²) in [5.41, 5.74) is 0. The van der Waals surface area contributed by atoms with Crippen molar-refractivity contribution >= 4 is 32.2 Å². The minimum Gasteiger partial charge on any atom is -0.497 e. The third kappa shape index (κ3) is 2.53. The van der Waals surface area contributed by atoms with Crippen LogP contribution in [0.4, 0.5) is 0 Å². The van der Waals surface area contributed by atoms with Crippen molar-refractivity contribution in [2.45, 2.75) is 17.2 Å². The fourth-order valence-electron chi connectivity index (χ4n) is 1.75. The monoisotopic (exact) mass is 299 g/mol. The Morgan fingerprint density at radius 1 is 1.37 bits per heavy atom. The lowest BCUT2D eigenvalue weighted by Gasteiger charge is -2.12. The Balaban J connectivity index is 2.73. The molecule has 0 spiro atoms. The molecule has 0 N–H and O–H groups in total. The SMILES string of the molecule is COc1ccc2ccnc(S(=O)(=O)C(C)CCl)c2c1. The van der Waals surface area contributed by atoms with E-state index in [9.17, 15) is 8.42 Å². The number of ether oxygens (including phenoxy) is 1. The minimum atomic E-state index is -3.54. The Labute approximate surface area is 117 Å². The number of methoxy groups -OCH3 is 1. The summed E-state index contributed by atoms with van der Waals surface area (Å²) < 4.78 is 29.9. The van der Waals surface area contributed by atoms with Gasteiger partial charge >= 0.3 is 0 Å². The molecule has 0 fully saturated rings. The Morgan fingerprint density at radius 2 is 2.11 bits per heavy atom. The molecule has 19 heavy (non-hydrogen) atoms. The van der Waals surface area contributed by atoms with Crippen molar-refractivity contribution in [2.75, 3.05) is 13.0 Å². The smallest absolute Gasteiger partial charge is 0.199 e. The third-order valence-electron chi connectivity index (χ3n) is 2.95. The zero-order chi connectivity index (χ0) is 14.0. The number of rotatable bonds is 4. The Hall–Kier alpha value is -1.33. The molecule has 1 atom stereocenters. The van der Waals surface area contributed by atoms with E-state index in [4.69, 9.17) is 16.3 Å². The molecule has 6 heteroatoms. The van der Waals surface area contributed by atoms with E-state index >= 15 is 0 Å². The maximum atomic E-state index is 12.4. The van der Waals surface area contributed by atoms with Crippen LogP contribution in [-0.2, 0) is 9.84 Å². The van der Waals surface area contributed by atoms with Gasteiger partial charge in [-0.15, -0.1) is 11.6 Å². The highest BCUT2D eigenvalue weighted by atomic mass is 35.5. The van der Waals surface area contributed by atoms with Crippen LogP contribution in [0, 0.1) is 0 Å². The number of nitrogens with zero attached hydrogens (tertiary/aromatic N) is 1. The van der Waals surface area contributed by atoms with Crippen molar-refractivity contribution in [2.24, 2.45) is 0 Å². The summed E-state index contributed by atoms with van der Waals surface area (Å²) in [5, 5.41) is 0.727. The summed E-state index contributed by atoms with van der Waals surface area (Å²) in [5.74, 6) is 0.625. The molecule has 0 aliphatic rings. The van der Waals surface area contributed by atoms with E-state index in [1.54, 1.807) is 31.2 Å². The number of benzene rings is 1. The predicted octanol–water partition coefficient (Wildman–Crippen LogP) is 2.64. The molecule has 1 unspecified atom stereocenters. The summed E-state index contributed by atoms with van der Waals surface area (Å²) in [6.45, 7) is 1.57. The molecular formula is C13H14ClNO3S. The quantitative estimate of drug-likeness (QED) is 0.814. The molecule has 2 rings (SSSR count). The molecule has 0 saturated carbocycles. The number of pyridine rings is 1. The standard InChI is InChI=1S/C13H14ClNO3S/c1-9(8-14)19(16,17)13-12-7-11(18-2)4-3-10(12)5-6-15-13/h3-7,9H,8H2,1-2H3. The summed E-state index contributed by atoms with van der Waals surface area (Å²) >= 11 is 5.66. The molecule has 4 nitrogen and oxygen atoms in total. The van der Waals surface area contributed by atoms with Gasteiger partial charge in [0.1, 0.15) is 5.75 Å². The summed E-state index contributed by atoms with van der Waals surface area (Å²) in [6, 6.07) is 7.03. The van der Waals surface area contributed by atoms with E-state index in [1.165, 1.54) is 13.3 Å². The first kappa shape index (κ1) is 14.1. The number of halogens is 1. The van der Waals surface area contributed by atoms with Gasteiger partial charge in [-0.1, -0.05) is 6.07 Å². The first-order valence-electron chi connectivity index (χ1n) is 5.73. The highest BCUT2D eigenvalue weighted by molar-refractivity contribution is 7.92. The average Bonchev–Trinajstić information content (AvgIpc) is 2.44. The maximum absolute atomic E-state index is 12.4. The van der Waals surface area contributed by atoms with Crippen molar-refractivity contribution in [3.63, 3.8) is 0 Å². The van der Waals surface area contributed by atoms with Crippen LogP contribution in [0.25, 0.3) is 10.8 Å². The highest BCUT2D eigenvalue weighted by Crippen LogP contribution is 2.27. The summed E-state index contributed by atoms with van der Waals surface area (Å²) in [4.78, 5) is 4.02. The number of fused-ring (bicyclic) bond motifs is 1. The van der Waals surface area contributed by atoms with Crippen molar-refractivity contribution in [1.29, 1.82) is 0 Å². The van der Waals surface area contributed by atoms with Crippen LogP contribution in [0.1, 0.15) is 6.92 Å². The Kier molecular flexibility index (Phi) is 3.96. The molecule has 0 aliphatic carbocycles. The molecule has 0 amide bonds. The van der Waals surface area contributed by atoms with Gasteiger partial charge in [0.25, 0.3) is 0 Å². The van der Waals surface area contributed by atoms with E-state index in [0.29, 0.717) is 11.1 Å². The van der Waals surface area contributed by atoms with Crippen LogP contribution in [-0.4, -0.2) is 31.6 Å². The Bertz CT molecular complexity index is 700. The van der Waals surface area contributed by atoms with Crippen molar-refractivity contribution in [3.8, 4) is 5.75 Å². The van der Waals surface area contributed by atoms with Gasteiger partial charge in [-0.25, -0.2) is 13.4 Å². The molecular weight excluding hydrogens is 286 g/mol. The van der Waals surface area contributed by atoms with Gasteiger partial charge in [0, 0.05) is 17.5 Å². The Morgan fingerprint density at radius 3 is 2.74 bits per heavy atom. The number of hydrogen-bond acceptors (Lipinski definition) is 4. The van der Waals surface area contributed by atoms with Crippen LogP contribution < -0.4 is 4.74 Å². The fourth-order valence-corrected chi connectivity index (χ4v) is 3.48. The molecule has 1 heterocycles. The maximum Gasteiger partial charge on any atom is 0.199 e. The molecule has 1 aromatic carbocycles. The van der Waals surface area contributed by atoms with Crippen LogP contribution in [0.2, 0.25) is 0 Å². The third-order valence-corrected chi connectivity index (χ3v) is 5.69. The van der Waals surface area contributed by atoms with Crippen LogP contribution >= 0.6 is 11.6 Å². The number of sulfone groups is 1. The van der Waals surface area contributed by atoms with E-state index < -0.39 is 15.1 Å². The lowest BCUT2D eigenvalue weighted by atomic mass is 10.2. The van der Waals surface area contributed by atoms with Crippen LogP contribution in [0.5, 0.6) is 5.75 Å². The molecule has 0 saturated heterocycles. The zero-order valence-electron chi connectivity index (χ0n) is 10.6.